The standard InChI is InChI=1S/C13H18F3NO2/c1-6-8-2-7-3-9(6)12(19)11(8)17(5-7)10(18)4-13(14,15)16/h6-9,11-12,19H,2-5H2,1H3/t6-,7?,8+,9-,11?,12+/m1/s1. The van der Waals surface area contributed by atoms with Crippen LogP contribution in [0.4, 0.5) is 13.2 Å². The van der Waals surface area contributed by atoms with E-state index in [0.717, 1.165) is 12.8 Å². The minimum atomic E-state index is -4.47. The number of hydrogen-bond donors (Lipinski definition) is 1. The molecule has 6 heteroatoms. The third-order valence-corrected chi connectivity index (χ3v) is 5.28. The van der Waals surface area contributed by atoms with E-state index in [0.29, 0.717) is 12.5 Å². The molecule has 2 saturated carbocycles. The number of aliphatic hydroxyl groups excluding tert-OH is 1. The zero-order chi connectivity index (χ0) is 13.9. The van der Waals surface area contributed by atoms with Gasteiger partial charge < -0.3 is 10.0 Å². The van der Waals surface area contributed by atoms with E-state index in [1.807, 2.05) is 6.92 Å². The molecule has 3 aliphatic rings. The average Bonchev–Trinajstić information content (AvgIpc) is 2.45. The van der Waals surface area contributed by atoms with E-state index in [1.54, 1.807) is 0 Å². The summed E-state index contributed by atoms with van der Waals surface area (Å²) in [5, 5.41) is 10.3. The number of piperidine rings is 1. The quantitative estimate of drug-likeness (QED) is 0.794. The Bertz CT molecular complexity index is 398. The maximum absolute atomic E-state index is 12.4. The fraction of sp³-hybridized carbons (Fsp3) is 0.923. The van der Waals surface area contributed by atoms with Gasteiger partial charge >= 0.3 is 6.18 Å². The highest BCUT2D eigenvalue weighted by Gasteiger charge is 2.58. The Balaban J connectivity index is 1.83. The summed E-state index contributed by atoms with van der Waals surface area (Å²) in [4.78, 5) is 13.2. The topological polar surface area (TPSA) is 40.5 Å². The van der Waals surface area contributed by atoms with Crippen molar-refractivity contribution < 1.29 is 23.1 Å². The predicted molar refractivity (Wildman–Crippen MR) is 61.0 cm³/mol. The summed E-state index contributed by atoms with van der Waals surface area (Å²) >= 11 is 0. The summed E-state index contributed by atoms with van der Waals surface area (Å²) in [6.45, 7) is 2.43. The molecule has 3 fully saturated rings. The molecule has 19 heavy (non-hydrogen) atoms. The van der Waals surface area contributed by atoms with Crippen LogP contribution in [-0.4, -0.2) is 40.8 Å². The van der Waals surface area contributed by atoms with Crippen molar-refractivity contribution in [3.05, 3.63) is 0 Å². The van der Waals surface area contributed by atoms with Crippen molar-refractivity contribution in [2.75, 3.05) is 6.54 Å². The number of carbonyl (C=O) groups is 1. The van der Waals surface area contributed by atoms with Crippen LogP contribution in [0.2, 0.25) is 0 Å². The molecule has 2 aliphatic carbocycles. The first-order valence-electron chi connectivity index (χ1n) is 6.82. The van der Waals surface area contributed by atoms with Crippen molar-refractivity contribution >= 4 is 5.91 Å². The van der Waals surface area contributed by atoms with Gasteiger partial charge in [-0.2, -0.15) is 13.2 Å². The number of carbonyl (C=O) groups excluding carboxylic acids is 1. The fourth-order valence-corrected chi connectivity index (χ4v) is 4.53. The first kappa shape index (κ1) is 13.2. The largest absolute Gasteiger partial charge is 0.397 e. The van der Waals surface area contributed by atoms with E-state index in [-0.39, 0.29) is 17.8 Å². The summed E-state index contributed by atoms with van der Waals surface area (Å²) in [5.74, 6) is 0.0117. The molecule has 108 valence electrons. The van der Waals surface area contributed by atoms with Gasteiger partial charge in [0, 0.05) is 6.54 Å². The lowest BCUT2D eigenvalue weighted by Gasteiger charge is -2.44. The van der Waals surface area contributed by atoms with E-state index in [9.17, 15) is 23.1 Å². The summed E-state index contributed by atoms with van der Waals surface area (Å²) in [7, 11) is 0. The van der Waals surface area contributed by atoms with E-state index >= 15 is 0 Å². The molecular formula is C13H18F3NO2. The van der Waals surface area contributed by atoms with Gasteiger partial charge in [0.2, 0.25) is 5.91 Å². The zero-order valence-corrected chi connectivity index (χ0v) is 10.7. The highest BCUT2D eigenvalue weighted by Crippen LogP contribution is 2.54. The molecule has 0 radical (unpaired) electrons. The Labute approximate surface area is 109 Å². The number of amides is 1. The van der Waals surface area contributed by atoms with Crippen LogP contribution in [0.25, 0.3) is 0 Å². The van der Waals surface area contributed by atoms with Crippen LogP contribution in [0.1, 0.15) is 26.2 Å². The molecule has 0 spiro atoms. The van der Waals surface area contributed by atoms with Crippen LogP contribution >= 0.6 is 0 Å². The Morgan fingerprint density at radius 3 is 2.58 bits per heavy atom. The molecule has 1 heterocycles. The van der Waals surface area contributed by atoms with Gasteiger partial charge in [-0.05, 0) is 36.5 Å². The average molecular weight is 277 g/mol. The van der Waals surface area contributed by atoms with Crippen molar-refractivity contribution in [1.82, 2.24) is 4.90 Å². The van der Waals surface area contributed by atoms with Crippen molar-refractivity contribution in [2.24, 2.45) is 23.7 Å². The van der Waals surface area contributed by atoms with Crippen LogP contribution in [0.3, 0.4) is 0 Å². The number of fused-ring (bicyclic) bond motifs is 2. The smallest absolute Gasteiger partial charge is 0.391 e. The lowest BCUT2D eigenvalue weighted by atomic mass is 9.71. The fourth-order valence-electron chi connectivity index (χ4n) is 4.53. The lowest BCUT2D eigenvalue weighted by molar-refractivity contribution is -0.167. The third-order valence-electron chi connectivity index (χ3n) is 5.28. The van der Waals surface area contributed by atoms with Crippen molar-refractivity contribution in [2.45, 2.75) is 44.5 Å². The number of rotatable bonds is 1. The number of hydrogen-bond acceptors (Lipinski definition) is 2. The SMILES string of the molecule is C[C@H]1[C@H]2CC3C[C@@H]1C([C@H]2O)N(C(=O)CC(F)(F)F)C3. The molecule has 0 aromatic rings. The maximum Gasteiger partial charge on any atom is 0.397 e. The molecule has 3 nitrogen and oxygen atoms in total. The number of likely N-dealkylation sites (tertiary alicyclic amines) is 1. The first-order valence-corrected chi connectivity index (χ1v) is 6.82. The molecule has 6 atom stereocenters. The summed E-state index contributed by atoms with van der Waals surface area (Å²) in [6.07, 6.45) is -4.75. The molecule has 0 aromatic heterocycles. The summed E-state index contributed by atoms with van der Waals surface area (Å²) in [5.41, 5.74) is 0. The van der Waals surface area contributed by atoms with Crippen LogP contribution in [0, 0.1) is 23.7 Å². The van der Waals surface area contributed by atoms with Gasteiger partial charge in [0.25, 0.3) is 0 Å². The minimum Gasteiger partial charge on any atom is -0.391 e. The molecule has 3 bridgehead atoms. The molecule has 1 amide bonds. The van der Waals surface area contributed by atoms with E-state index in [2.05, 4.69) is 0 Å². The molecular weight excluding hydrogens is 259 g/mol. The second-order valence-electron chi connectivity index (χ2n) is 6.34. The van der Waals surface area contributed by atoms with E-state index < -0.39 is 30.7 Å². The summed E-state index contributed by atoms with van der Waals surface area (Å²) < 4.78 is 37.1. The summed E-state index contributed by atoms with van der Waals surface area (Å²) in [6, 6.07) is -0.395. The van der Waals surface area contributed by atoms with Crippen LogP contribution < -0.4 is 0 Å². The van der Waals surface area contributed by atoms with Gasteiger partial charge in [0.1, 0.15) is 6.42 Å². The van der Waals surface area contributed by atoms with Gasteiger partial charge in [-0.1, -0.05) is 6.92 Å². The Hall–Kier alpha value is -0.780. The molecule has 2 unspecified atom stereocenters. The van der Waals surface area contributed by atoms with Crippen molar-refractivity contribution in [3.8, 4) is 0 Å². The van der Waals surface area contributed by atoms with E-state index in [4.69, 9.17) is 0 Å². The number of nitrogens with zero attached hydrogens (tertiary/aromatic N) is 1. The maximum atomic E-state index is 12.4. The Morgan fingerprint density at radius 2 is 1.95 bits per heavy atom. The van der Waals surface area contributed by atoms with Gasteiger partial charge in [-0.25, -0.2) is 0 Å². The highest BCUT2D eigenvalue weighted by molar-refractivity contribution is 5.77. The first-order chi connectivity index (χ1) is 8.78. The Morgan fingerprint density at radius 1 is 1.32 bits per heavy atom. The number of halogens is 3. The third kappa shape index (κ3) is 2.04. The molecule has 1 saturated heterocycles. The number of alkyl halides is 3. The normalized spacial score (nSPS) is 44.8. The molecule has 3 rings (SSSR count). The van der Waals surface area contributed by atoms with Crippen LogP contribution in [0.5, 0.6) is 0 Å². The van der Waals surface area contributed by atoms with Crippen molar-refractivity contribution in [1.29, 1.82) is 0 Å². The molecule has 1 N–H and O–H groups in total. The zero-order valence-electron chi connectivity index (χ0n) is 10.7. The second kappa shape index (κ2) is 4.11. The second-order valence-corrected chi connectivity index (χ2v) is 6.34. The van der Waals surface area contributed by atoms with Gasteiger partial charge in [0.15, 0.2) is 0 Å². The van der Waals surface area contributed by atoms with Gasteiger partial charge in [0.05, 0.1) is 12.1 Å². The van der Waals surface area contributed by atoms with Crippen LogP contribution in [0.15, 0.2) is 0 Å². The van der Waals surface area contributed by atoms with Gasteiger partial charge in [-0.15, -0.1) is 0 Å². The minimum absolute atomic E-state index is 0.150. The van der Waals surface area contributed by atoms with Gasteiger partial charge in [-0.3, -0.25) is 4.79 Å². The molecule has 0 aromatic carbocycles. The predicted octanol–water partition coefficient (Wildman–Crippen LogP) is 1.80. The monoisotopic (exact) mass is 277 g/mol. The van der Waals surface area contributed by atoms with E-state index in [1.165, 1.54) is 4.90 Å². The Kier molecular flexibility index (Phi) is 2.86. The molecule has 1 aliphatic heterocycles. The van der Waals surface area contributed by atoms with Crippen molar-refractivity contribution in [3.63, 3.8) is 0 Å². The highest BCUT2D eigenvalue weighted by atomic mass is 19.4. The van der Waals surface area contributed by atoms with Crippen LogP contribution in [-0.2, 0) is 4.79 Å². The number of aliphatic hydroxyl groups is 1. The lowest BCUT2D eigenvalue weighted by Crippen LogP contribution is -2.53.